The molecule has 0 spiro atoms. The molecule has 1 rings (SSSR count). The maximum atomic E-state index is 10.9. The first-order valence-corrected chi connectivity index (χ1v) is 4.54. The van der Waals surface area contributed by atoms with Crippen molar-refractivity contribution < 1.29 is 28.8 Å². The van der Waals surface area contributed by atoms with E-state index in [1.165, 1.54) is 0 Å². The van der Waals surface area contributed by atoms with Gasteiger partial charge >= 0.3 is 18.9 Å². The number of carbonyl (C=O) groups is 1. The van der Waals surface area contributed by atoms with E-state index in [1.54, 1.807) is 6.08 Å². The SMILES string of the molecule is C=CCC1(C(=O)[O-])CCCCC1.[Li+]. The van der Waals surface area contributed by atoms with Gasteiger partial charge in [0, 0.05) is 11.4 Å². The molecule has 0 aromatic carbocycles. The van der Waals surface area contributed by atoms with Crippen LogP contribution in [0.15, 0.2) is 12.7 Å². The van der Waals surface area contributed by atoms with Gasteiger partial charge in [0.05, 0.1) is 0 Å². The Labute approximate surface area is 91.6 Å². The molecule has 1 aliphatic rings. The predicted molar refractivity (Wildman–Crippen MR) is 45.3 cm³/mol. The third-order valence-corrected chi connectivity index (χ3v) is 2.78. The average molecular weight is 174 g/mol. The van der Waals surface area contributed by atoms with Crippen LogP contribution in [-0.2, 0) is 4.79 Å². The molecule has 0 atom stereocenters. The van der Waals surface area contributed by atoms with E-state index in [0.29, 0.717) is 6.42 Å². The van der Waals surface area contributed by atoms with Crippen molar-refractivity contribution in [3.63, 3.8) is 0 Å². The van der Waals surface area contributed by atoms with Gasteiger partial charge in [-0.15, -0.1) is 6.58 Å². The molecule has 0 aliphatic heterocycles. The summed E-state index contributed by atoms with van der Waals surface area (Å²) < 4.78 is 0. The molecule has 0 saturated heterocycles. The summed E-state index contributed by atoms with van der Waals surface area (Å²) in [7, 11) is 0. The molecule has 0 N–H and O–H groups in total. The summed E-state index contributed by atoms with van der Waals surface area (Å²) in [6, 6.07) is 0. The van der Waals surface area contributed by atoms with Crippen molar-refractivity contribution in [2.45, 2.75) is 38.5 Å². The minimum absolute atomic E-state index is 0. The molecule has 68 valence electrons. The van der Waals surface area contributed by atoms with Crippen LogP contribution in [0.1, 0.15) is 38.5 Å². The van der Waals surface area contributed by atoms with Crippen LogP contribution >= 0.6 is 0 Å². The normalized spacial score (nSPS) is 20.0. The number of allylic oxidation sites excluding steroid dienone is 1. The van der Waals surface area contributed by atoms with E-state index in [2.05, 4.69) is 6.58 Å². The summed E-state index contributed by atoms with van der Waals surface area (Å²) in [5, 5.41) is 10.9. The van der Waals surface area contributed by atoms with Crippen LogP contribution in [0, 0.1) is 5.41 Å². The number of carbonyl (C=O) groups excluding carboxylic acids is 1. The fourth-order valence-electron chi connectivity index (χ4n) is 2.00. The second-order valence-electron chi connectivity index (χ2n) is 3.62. The fraction of sp³-hybridized carbons (Fsp3) is 0.700. The Balaban J connectivity index is 0.00000144. The number of carboxylic acid groups (broad SMARTS) is 1. The second-order valence-corrected chi connectivity index (χ2v) is 3.62. The first-order chi connectivity index (χ1) is 5.71. The van der Waals surface area contributed by atoms with Gasteiger partial charge in [0.2, 0.25) is 0 Å². The summed E-state index contributed by atoms with van der Waals surface area (Å²) in [5.41, 5.74) is -0.583. The molecular formula is C10H15LiO2. The Morgan fingerprint density at radius 2 is 1.92 bits per heavy atom. The molecule has 0 amide bonds. The topological polar surface area (TPSA) is 40.1 Å². The molecule has 0 unspecified atom stereocenters. The van der Waals surface area contributed by atoms with Gasteiger partial charge in [0.15, 0.2) is 0 Å². The van der Waals surface area contributed by atoms with E-state index in [1.807, 2.05) is 0 Å². The first-order valence-electron chi connectivity index (χ1n) is 4.54. The van der Waals surface area contributed by atoms with Crippen LogP contribution in [0.5, 0.6) is 0 Å². The summed E-state index contributed by atoms with van der Waals surface area (Å²) in [5.74, 6) is -0.887. The Morgan fingerprint density at radius 3 is 2.31 bits per heavy atom. The number of carboxylic acids is 1. The van der Waals surface area contributed by atoms with Gasteiger partial charge in [0.25, 0.3) is 0 Å². The number of hydrogen-bond donors (Lipinski definition) is 0. The molecule has 2 nitrogen and oxygen atoms in total. The average Bonchev–Trinajstić information content (AvgIpc) is 2.06. The van der Waals surface area contributed by atoms with Gasteiger partial charge in [-0.25, -0.2) is 0 Å². The molecule has 3 heteroatoms. The van der Waals surface area contributed by atoms with E-state index in [0.717, 1.165) is 32.1 Å². The fourth-order valence-corrected chi connectivity index (χ4v) is 2.00. The van der Waals surface area contributed by atoms with Crippen LogP contribution in [-0.4, -0.2) is 5.97 Å². The molecule has 0 radical (unpaired) electrons. The summed E-state index contributed by atoms with van der Waals surface area (Å²) in [4.78, 5) is 10.9. The Hall–Kier alpha value is -0.193. The van der Waals surface area contributed by atoms with Crippen LogP contribution in [0.2, 0.25) is 0 Å². The quantitative estimate of drug-likeness (QED) is 0.376. The van der Waals surface area contributed by atoms with Gasteiger partial charge < -0.3 is 9.90 Å². The molecule has 0 bridgehead atoms. The van der Waals surface area contributed by atoms with E-state index in [9.17, 15) is 9.90 Å². The Bertz CT molecular complexity index is 183. The van der Waals surface area contributed by atoms with Gasteiger partial charge in [-0.2, -0.15) is 0 Å². The monoisotopic (exact) mass is 174 g/mol. The molecule has 13 heavy (non-hydrogen) atoms. The minimum atomic E-state index is -0.887. The van der Waals surface area contributed by atoms with E-state index in [-0.39, 0.29) is 18.9 Å². The maximum Gasteiger partial charge on any atom is 1.00 e. The standard InChI is InChI=1S/C10H16O2.Li/c1-2-6-10(9(11)12)7-4-3-5-8-10;/h2H,1,3-8H2,(H,11,12);/q;+1/p-1. The first kappa shape index (κ1) is 12.8. The van der Waals surface area contributed by atoms with Crippen molar-refractivity contribution in [1.29, 1.82) is 0 Å². The van der Waals surface area contributed by atoms with Gasteiger partial charge in [-0.1, -0.05) is 25.3 Å². The van der Waals surface area contributed by atoms with Crippen LogP contribution in [0.25, 0.3) is 0 Å². The van der Waals surface area contributed by atoms with Gasteiger partial charge in [0.1, 0.15) is 0 Å². The van der Waals surface area contributed by atoms with Crippen molar-refractivity contribution in [2.24, 2.45) is 5.41 Å². The molecule has 1 aliphatic carbocycles. The Kier molecular flexibility index (Phi) is 5.44. The van der Waals surface area contributed by atoms with Gasteiger partial charge in [-0.05, 0) is 19.3 Å². The van der Waals surface area contributed by atoms with Crippen LogP contribution in [0.4, 0.5) is 0 Å². The van der Waals surface area contributed by atoms with Crippen molar-refractivity contribution in [3.05, 3.63) is 12.7 Å². The van der Waals surface area contributed by atoms with Crippen molar-refractivity contribution in [1.82, 2.24) is 0 Å². The summed E-state index contributed by atoms with van der Waals surface area (Å²) >= 11 is 0. The molecule has 1 saturated carbocycles. The molecule has 0 heterocycles. The largest absolute Gasteiger partial charge is 1.00 e. The molecular weight excluding hydrogens is 159 g/mol. The van der Waals surface area contributed by atoms with Crippen LogP contribution in [0.3, 0.4) is 0 Å². The van der Waals surface area contributed by atoms with E-state index < -0.39 is 11.4 Å². The second kappa shape index (κ2) is 5.52. The zero-order chi connectivity index (χ0) is 9.03. The van der Waals surface area contributed by atoms with Crippen molar-refractivity contribution in [2.75, 3.05) is 0 Å². The molecule has 0 aromatic rings. The summed E-state index contributed by atoms with van der Waals surface area (Å²) in [6.07, 6.45) is 6.98. The molecule has 0 aromatic heterocycles. The van der Waals surface area contributed by atoms with Crippen molar-refractivity contribution >= 4 is 5.97 Å². The van der Waals surface area contributed by atoms with E-state index >= 15 is 0 Å². The Morgan fingerprint density at radius 1 is 1.38 bits per heavy atom. The summed E-state index contributed by atoms with van der Waals surface area (Å²) in [6.45, 7) is 3.59. The van der Waals surface area contributed by atoms with E-state index in [4.69, 9.17) is 0 Å². The third kappa shape index (κ3) is 2.89. The number of aliphatic carboxylic acids is 1. The smallest absolute Gasteiger partial charge is 0.550 e. The third-order valence-electron chi connectivity index (χ3n) is 2.78. The molecule has 1 fully saturated rings. The number of rotatable bonds is 3. The van der Waals surface area contributed by atoms with Gasteiger partial charge in [-0.3, -0.25) is 0 Å². The van der Waals surface area contributed by atoms with Crippen LogP contribution < -0.4 is 24.0 Å². The predicted octanol–water partition coefficient (Wildman–Crippen LogP) is -1.73. The zero-order valence-corrected chi connectivity index (χ0v) is 8.34. The zero-order valence-electron chi connectivity index (χ0n) is 8.34. The van der Waals surface area contributed by atoms with Crippen molar-refractivity contribution in [3.8, 4) is 0 Å². The number of hydrogen-bond acceptors (Lipinski definition) is 2. The maximum absolute atomic E-state index is 10.9. The minimum Gasteiger partial charge on any atom is -0.550 e.